The van der Waals surface area contributed by atoms with E-state index in [2.05, 4.69) is 18.7 Å². The lowest BCUT2D eigenvalue weighted by Gasteiger charge is -2.35. The molecule has 2 aromatic rings. The van der Waals surface area contributed by atoms with Crippen LogP contribution < -0.4 is 4.90 Å². The Kier molecular flexibility index (Phi) is 5.64. The van der Waals surface area contributed by atoms with Crippen LogP contribution in [0.25, 0.3) is 10.2 Å². The predicted octanol–water partition coefficient (Wildman–Crippen LogP) is 3.56. The van der Waals surface area contributed by atoms with Crippen molar-refractivity contribution in [3.8, 4) is 0 Å². The molecule has 0 bridgehead atoms. The minimum Gasteiger partial charge on any atom is -0.353 e. The fourth-order valence-corrected chi connectivity index (χ4v) is 6.49. The van der Waals surface area contributed by atoms with Crippen LogP contribution in [0.2, 0.25) is 0 Å². The zero-order valence-electron chi connectivity index (χ0n) is 17.1. The van der Waals surface area contributed by atoms with Crippen LogP contribution in [0.5, 0.6) is 0 Å². The minimum atomic E-state index is -3.12. The number of rotatable bonds is 5. The monoisotopic (exact) mass is 422 g/mol. The Morgan fingerprint density at radius 3 is 2.46 bits per heavy atom. The van der Waals surface area contributed by atoms with E-state index in [1.807, 2.05) is 11.3 Å². The van der Waals surface area contributed by atoms with Crippen LogP contribution in [0.1, 0.15) is 62.2 Å². The van der Waals surface area contributed by atoms with Crippen molar-refractivity contribution in [2.24, 2.45) is 0 Å². The zero-order valence-corrected chi connectivity index (χ0v) is 18.7. The van der Waals surface area contributed by atoms with E-state index >= 15 is 0 Å². The Morgan fingerprint density at radius 1 is 1.07 bits per heavy atom. The van der Waals surface area contributed by atoms with E-state index in [0.717, 1.165) is 35.7 Å². The third-order valence-electron chi connectivity index (χ3n) is 6.16. The van der Waals surface area contributed by atoms with Gasteiger partial charge in [-0.15, -0.1) is 11.3 Å². The molecule has 0 saturated carbocycles. The molecule has 1 unspecified atom stereocenters. The molecular formula is C20H30N4O2S2. The van der Waals surface area contributed by atoms with Gasteiger partial charge in [-0.05, 0) is 44.6 Å². The summed E-state index contributed by atoms with van der Waals surface area (Å²) in [6.45, 7) is 8.52. The number of anilines is 1. The number of sulfonamides is 1. The summed E-state index contributed by atoms with van der Waals surface area (Å²) in [7, 11) is -3.12. The van der Waals surface area contributed by atoms with E-state index < -0.39 is 10.0 Å². The van der Waals surface area contributed by atoms with Gasteiger partial charge in [0.2, 0.25) is 10.0 Å². The first-order valence-corrected chi connectivity index (χ1v) is 12.9. The van der Waals surface area contributed by atoms with Crippen molar-refractivity contribution in [1.82, 2.24) is 14.3 Å². The molecule has 6 nitrogen and oxygen atoms in total. The molecule has 4 rings (SSSR count). The molecule has 1 saturated heterocycles. The zero-order chi connectivity index (χ0) is 19.9. The fraction of sp³-hybridized carbons (Fsp3) is 0.700. The minimum absolute atomic E-state index is 0.168. The number of thiophene rings is 1. The maximum Gasteiger partial charge on any atom is 0.213 e. The topological polar surface area (TPSA) is 66.4 Å². The Morgan fingerprint density at radius 2 is 1.79 bits per heavy atom. The van der Waals surface area contributed by atoms with Gasteiger partial charge in [0.25, 0.3) is 0 Å². The largest absolute Gasteiger partial charge is 0.353 e. The molecule has 0 radical (unpaired) electrons. The first-order chi connectivity index (χ1) is 13.4. The first kappa shape index (κ1) is 20.0. The molecule has 0 aromatic carbocycles. The lowest BCUT2D eigenvalue weighted by molar-refractivity contribution is 0.384. The van der Waals surface area contributed by atoms with Crippen LogP contribution in [-0.4, -0.2) is 54.6 Å². The van der Waals surface area contributed by atoms with Gasteiger partial charge in [0.15, 0.2) is 0 Å². The number of aromatic nitrogens is 2. The van der Waals surface area contributed by atoms with Crippen LogP contribution in [0.15, 0.2) is 0 Å². The molecule has 1 fully saturated rings. The molecule has 28 heavy (non-hydrogen) atoms. The summed E-state index contributed by atoms with van der Waals surface area (Å²) < 4.78 is 26.1. The molecule has 0 N–H and O–H groups in total. The third kappa shape index (κ3) is 3.55. The van der Waals surface area contributed by atoms with Crippen LogP contribution in [0.3, 0.4) is 0 Å². The molecule has 1 aliphatic heterocycles. The molecule has 8 heteroatoms. The molecule has 1 aliphatic carbocycles. The van der Waals surface area contributed by atoms with E-state index in [0.29, 0.717) is 32.1 Å². The van der Waals surface area contributed by atoms with Gasteiger partial charge in [-0.1, -0.05) is 13.8 Å². The molecule has 1 atom stereocenters. The summed E-state index contributed by atoms with van der Waals surface area (Å²) in [5, 5.41) is 1.23. The van der Waals surface area contributed by atoms with Crippen molar-refractivity contribution < 1.29 is 8.42 Å². The third-order valence-corrected chi connectivity index (χ3v) is 9.23. The number of nitrogens with zero attached hydrogens (tertiary/aromatic N) is 4. The standard InChI is InChI=1S/C20H30N4O2S2/c1-4-14(3)18-21-19(23-10-12-24(13-11-23)28(25,26)5-2)17-15-8-6-7-9-16(15)27-20(17)22-18/h14H,4-13H2,1-3H3. The second-order valence-electron chi connectivity index (χ2n) is 7.89. The van der Waals surface area contributed by atoms with Crippen molar-refractivity contribution in [3.63, 3.8) is 0 Å². The fourth-order valence-electron chi connectivity index (χ4n) is 4.15. The van der Waals surface area contributed by atoms with E-state index in [-0.39, 0.29) is 5.75 Å². The molecule has 154 valence electrons. The lowest BCUT2D eigenvalue weighted by atomic mass is 9.96. The van der Waals surface area contributed by atoms with Crippen LogP contribution >= 0.6 is 11.3 Å². The van der Waals surface area contributed by atoms with Crippen molar-refractivity contribution in [1.29, 1.82) is 0 Å². The number of hydrogen-bond acceptors (Lipinski definition) is 6. The highest BCUT2D eigenvalue weighted by Crippen LogP contribution is 2.40. The second-order valence-corrected chi connectivity index (χ2v) is 11.2. The molecule has 2 aliphatic rings. The maximum absolute atomic E-state index is 12.2. The quantitative estimate of drug-likeness (QED) is 0.737. The summed E-state index contributed by atoms with van der Waals surface area (Å²) in [5.74, 6) is 2.45. The summed E-state index contributed by atoms with van der Waals surface area (Å²) in [6, 6.07) is 0. The summed E-state index contributed by atoms with van der Waals surface area (Å²) in [4.78, 5) is 14.9. The highest BCUT2D eigenvalue weighted by molar-refractivity contribution is 7.89. The van der Waals surface area contributed by atoms with Crippen LogP contribution in [0.4, 0.5) is 5.82 Å². The van der Waals surface area contributed by atoms with Crippen molar-refractivity contribution in [3.05, 3.63) is 16.3 Å². The van der Waals surface area contributed by atoms with Gasteiger partial charge in [-0.2, -0.15) is 4.31 Å². The Labute approximate surface area is 172 Å². The Hall–Kier alpha value is -1.25. The number of fused-ring (bicyclic) bond motifs is 3. The van der Waals surface area contributed by atoms with Gasteiger partial charge in [0.1, 0.15) is 16.5 Å². The van der Waals surface area contributed by atoms with Gasteiger partial charge in [-0.25, -0.2) is 18.4 Å². The van der Waals surface area contributed by atoms with Gasteiger partial charge >= 0.3 is 0 Å². The smallest absolute Gasteiger partial charge is 0.213 e. The summed E-state index contributed by atoms with van der Waals surface area (Å²) in [5.41, 5.74) is 1.44. The van der Waals surface area contributed by atoms with Crippen molar-refractivity contribution in [2.75, 3.05) is 36.8 Å². The van der Waals surface area contributed by atoms with E-state index in [9.17, 15) is 8.42 Å². The van der Waals surface area contributed by atoms with E-state index in [1.54, 1.807) is 11.2 Å². The average molecular weight is 423 g/mol. The van der Waals surface area contributed by atoms with Crippen LogP contribution in [-0.2, 0) is 22.9 Å². The van der Waals surface area contributed by atoms with Crippen molar-refractivity contribution in [2.45, 2.75) is 58.8 Å². The van der Waals surface area contributed by atoms with Gasteiger partial charge in [-0.3, -0.25) is 0 Å². The molecule has 0 spiro atoms. The molecule has 3 heterocycles. The maximum atomic E-state index is 12.2. The first-order valence-electron chi connectivity index (χ1n) is 10.5. The number of hydrogen-bond donors (Lipinski definition) is 0. The molecular weight excluding hydrogens is 392 g/mol. The summed E-state index contributed by atoms with van der Waals surface area (Å²) >= 11 is 1.84. The van der Waals surface area contributed by atoms with Gasteiger partial charge in [0.05, 0.1) is 11.1 Å². The highest BCUT2D eigenvalue weighted by Gasteiger charge is 2.29. The highest BCUT2D eigenvalue weighted by atomic mass is 32.2. The number of aryl methyl sites for hydroxylation is 2. The van der Waals surface area contributed by atoms with Gasteiger partial charge in [0, 0.05) is 37.0 Å². The second kappa shape index (κ2) is 7.88. The molecule has 2 aromatic heterocycles. The lowest BCUT2D eigenvalue weighted by Crippen LogP contribution is -2.49. The number of piperazine rings is 1. The van der Waals surface area contributed by atoms with Crippen LogP contribution in [0, 0.1) is 0 Å². The van der Waals surface area contributed by atoms with Crippen molar-refractivity contribution >= 4 is 37.4 Å². The molecule has 0 amide bonds. The average Bonchev–Trinajstić information content (AvgIpc) is 3.11. The summed E-state index contributed by atoms with van der Waals surface area (Å²) in [6.07, 6.45) is 5.76. The normalized spacial score (nSPS) is 19.8. The van der Waals surface area contributed by atoms with Gasteiger partial charge < -0.3 is 4.90 Å². The Balaban J connectivity index is 1.74. The SMILES string of the molecule is CCC(C)c1nc(N2CCN(S(=O)(=O)CC)CC2)c2c3c(sc2n1)CCCC3. The van der Waals surface area contributed by atoms with E-state index in [4.69, 9.17) is 9.97 Å². The Bertz CT molecular complexity index is 962. The van der Waals surface area contributed by atoms with E-state index in [1.165, 1.54) is 28.7 Å². The predicted molar refractivity (Wildman–Crippen MR) is 116 cm³/mol.